The van der Waals surface area contributed by atoms with Crippen molar-refractivity contribution in [1.29, 1.82) is 0 Å². The monoisotopic (exact) mass is 382 g/mol. The first-order valence-corrected chi connectivity index (χ1v) is 9.99. The lowest BCUT2D eigenvalue weighted by Gasteiger charge is -2.28. The number of allylic oxidation sites excluding steroid dienone is 4. The van der Waals surface area contributed by atoms with Gasteiger partial charge in [0.15, 0.2) is 0 Å². The van der Waals surface area contributed by atoms with Crippen molar-refractivity contribution in [2.45, 2.75) is 71.8 Å². The zero-order chi connectivity index (χ0) is 20.5. The number of rotatable bonds is 6. The maximum absolute atomic E-state index is 12.5. The number of fused-ring (bicyclic) bond motifs is 3. The van der Waals surface area contributed by atoms with E-state index in [0.717, 1.165) is 31.1 Å². The Bertz CT molecular complexity index is 992. The van der Waals surface area contributed by atoms with Gasteiger partial charge in [0.1, 0.15) is 22.7 Å². The second-order valence-electron chi connectivity index (χ2n) is 8.36. The van der Waals surface area contributed by atoms with Crippen LogP contribution in [0.25, 0.3) is 11.0 Å². The molecule has 1 aliphatic rings. The van der Waals surface area contributed by atoms with Crippen molar-refractivity contribution < 1.29 is 14.3 Å². The molecule has 1 N–H and O–H groups in total. The maximum Gasteiger partial charge on any atom is 0.343 e. The molecule has 1 aromatic carbocycles. The van der Waals surface area contributed by atoms with Gasteiger partial charge in [-0.1, -0.05) is 30.2 Å². The van der Waals surface area contributed by atoms with Crippen molar-refractivity contribution in [2.24, 2.45) is 0 Å². The van der Waals surface area contributed by atoms with Gasteiger partial charge in [0.2, 0.25) is 0 Å². The standard InChI is InChI=1S/C24H30O4/c1-15(2)8-6-9-16(3)10-7-13-24(5)17(4)21-22(28-24)19-12-11-18(25)14-20(19)27-23(21)26/h8,10-12,14,17,25H,6-7,9,13H2,1-5H3/b16-10+/t17-,24-/m1/s1. The third-order valence-corrected chi connectivity index (χ3v) is 5.79. The summed E-state index contributed by atoms with van der Waals surface area (Å²) < 4.78 is 11.8. The molecule has 2 heterocycles. The van der Waals surface area contributed by atoms with Gasteiger partial charge in [-0.25, -0.2) is 4.79 Å². The van der Waals surface area contributed by atoms with E-state index >= 15 is 0 Å². The lowest BCUT2D eigenvalue weighted by Crippen LogP contribution is -2.33. The molecule has 0 bridgehead atoms. The van der Waals surface area contributed by atoms with Gasteiger partial charge >= 0.3 is 5.63 Å². The van der Waals surface area contributed by atoms with Crippen LogP contribution in [0.4, 0.5) is 0 Å². The summed E-state index contributed by atoms with van der Waals surface area (Å²) in [5, 5.41) is 10.4. The molecule has 1 aromatic heterocycles. The molecule has 2 atom stereocenters. The molecule has 150 valence electrons. The van der Waals surface area contributed by atoms with Crippen LogP contribution in [0.1, 0.15) is 71.8 Å². The van der Waals surface area contributed by atoms with E-state index in [2.05, 4.69) is 39.8 Å². The average Bonchev–Trinajstić information content (AvgIpc) is 2.86. The number of benzene rings is 1. The number of hydrogen-bond donors (Lipinski definition) is 1. The molecule has 0 amide bonds. The Morgan fingerprint density at radius 1 is 1.21 bits per heavy atom. The lowest BCUT2D eigenvalue weighted by atomic mass is 9.84. The van der Waals surface area contributed by atoms with Crippen molar-refractivity contribution in [1.82, 2.24) is 0 Å². The van der Waals surface area contributed by atoms with Crippen LogP contribution in [0.5, 0.6) is 11.5 Å². The van der Waals surface area contributed by atoms with Gasteiger partial charge in [-0.15, -0.1) is 0 Å². The minimum absolute atomic E-state index is 0.0590. The highest BCUT2D eigenvalue weighted by molar-refractivity contribution is 5.86. The van der Waals surface area contributed by atoms with E-state index < -0.39 is 5.60 Å². The molecule has 2 aromatic rings. The number of ether oxygens (including phenoxy) is 1. The fourth-order valence-electron chi connectivity index (χ4n) is 3.85. The van der Waals surface area contributed by atoms with Gasteiger partial charge in [-0.2, -0.15) is 0 Å². The van der Waals surface area contributed by atoms with E-state index in [4.69, 9.17) is 9.15 Å². The summed E-state index contributed by atoms with van der Waals surface area (Å²) in [6, 6.07) is 4.79. The SMILES string of the molecule is CC(C)=CCC/C(C)=C/CC[C@@]1(C)Oc2c(c(=O)oc3cc(O)ccc23)[C@H]1C. The Kier molecular flexibility index (Phi) is 5.69. The van der Waals surface area contributed by atoms with Gasteiger partial charge in [-0.3, -0.25) is 0 Å². The van der Waals surface area contributed by atoms with Crippen molar-refractivity contribution in [3.63, 3.8) is 0 Å². The van der Waals surface area contributed by atoms with Crippen molar-refractivity contribution >= 4 is 11.0 Å². The summed E-state index contributed by atoms with van der Waals surface area (Å²) >= 11 is 0. The number of hydrogen-bond acceptors (Lipinski definition) is 4. The Hall–Kier alpha value is -2.49. The zero-order valence-electron chi connectivity index (χ0n) is 17.5. The van der Waals surface area contributed by atoms with Crippen LogP contribution in [0, 0.1) is 0 Å². The smallest absolute Gasteiger partial charge is 0.343 e. The van der Waals surface area contributed by atoms with E-state index in [1.54, 1.807) is 12.1 Å². The van der Waals surface area contributed by atoms with Crippen LogP contribution in [0.15, 0.2) is 50.7 Å². The molecule has 0 spiro atoms. The van der Waals surface area contributed by atoms with Crippen LogP contribution >= 0.6 is 0 Å². The molecule has 1 aliphatic heterocycles. The second-order valence-corrected chi connectivity index (χ2v) is 8.36. The summed E-state index contributed by atoms with van der Waals surface area (Å²) in [7, 11) is 0. The van der Waals surface area contributed by atoms with Gasteiger partial charge in [0, 0.05) is 12.0 Å². The first-order valence-electron chi connectivity index (χ1n) is 9.99. The molecule has 0 aliphatic carbocycles. The third-order valence-electron chi connectivity index (χ3n) is 5.79. The highest BCUT2D eigenvalue weighted by atomic mass is 16.5. The summed E-state index contributed by atoms with van der Waals surface area (Å²) in [6.07, 6.45) is 8.40. The van der Waals surface area contributed by atoms with Gasteiger partial charge in [0.25, 0.3) is 0 Å². The normalized spacial score (nSPS) is 21.5. The Morgan fingerprint density at radius 2 is 1.96 bits per heavy atom. The van der Waals surface area contributed by atoms with Crippen LogP contribution in [-0.2, 0) is 0 Å². The maximum atomic E-state index is 12.5. The third kappa shape index (κ3) is 4.01. The number of phenols is 1. The quantitative estimate of drug-likeness (QED) is 0.475. The first-order chi connectivity index (χ1) is 13.2. The summed E-state index contributed by atoms with van der Waals surface area (Å²) in [6.45, 7) is 10.5. The van der Waals surface area contributed by atoms with Crippen LogP contribution in [0.2, 0.25) is 0 Å². The molecular weight excluding hydrogens is 352 g/mol. The highest BCUT2D eigenvalue weighted by Gasteiger charge is 2.44. The predicted octanol–water partition coefficient (Wildman–Crippen LogP) is 6.23. The lowest BCUT2D eigenvalue weighted by molar-refractivity contribution is 0.0862. The second kappa shape index (κ2) is 7.86. The summed E-state index contributed by atoms with van der Waals surface area (Å²) in [5.74, 6) is 0.611. The molecule has 3 rings (SSSR count). The largest absolute Gasteiger partial charge is 0.508 e. The molecule has 0 unspecified atom stereocenters. The Balaban J connectivity index is 1.78. The topological polar surface area (TPSA) is 59.7 Å². The van der Waals surface area contributed by atoms with Crippen LogP contribution in [-0.4, -0.2) is 10.7 Å². The average molecular weight is 383 g/mol. The van der Waals surface area contributed by atoms with E-state index in [1.165, 1.54) is 17.2 Å². The number of phenolic OH excluding ortho intramolecular Hbond substituents is 1. The predicted molar refractivity (Wildman–Crippen MR) is 113 cm³/mol. The molecule has 28 heavy (non-hydrogen) atoms. The minimum Gasteiger partial charge on any atom is -0.508 e. The van der Waals surface area contributed by atoms with E-state index in [1.807, 2.05) is 6.92 Å². The van der Waals surface area contributed by atoms with Crippen molar-refractivity contribution in [3.8, 4) is 11.5 Å². The Labute approximate surface area is 166 Å². The van der Waals surface area contributed by atoms with Crippen LogP contribution < -0.4 is 10.4 Å². The van der Waals surface area contributed by atoms with E-state index in [0.29, 0.717) is 16.9 Å². The molecule has 0 saturated heterocycles. The zero-order valence-corrected chi connectivity index (χ0v) is 17.5. The molecule has 0 fully saturated rings. The first kappa shape index (κ1) is 20.2. The van der Waals surface area contributed by atoms with Crippen molar-refractivity contribution in [2.75, 3.05) is 0 Å². The Morgan fingerprint density at radius 3 is 2.68 bits per heavy atom. The molecule has 0 saturated carbocycles. The minimum atomic E-state index is -0.458. The number of aromatic hydroxyl groups is 1. The summed E-state index contributed by atoms with van der Waals surface area (Å²) in [4.78, 5) is 12.5. The van der Waals surface area contributed by atoms with Gasteiger partial charge in [-0.05, 0) is 65.5 Å². The molecular formula is C24H30O4. The van der Waals surface area contributed by atoms with E-state index in [9.17, 15) is 9.90 Å². The fraction of sp³-hybridized carbons (Fsp3) is 0.458. The summed E-state index contributed by atoms with van der Waals surface area (Å²) in [5.41, 5.74) is 2.85. The van der Waals surface area contributed by atoms with E-state index in [-0.39, 0.29) is 17.3 Å². The highest BCUT2D eigenvalue weighted by Crippen LogP contribution is 2.48. The van der Waals surface area contributed by atoms with Crippen molar-refractivity contribution in [3.05, 3.63) is 57.5 Å². The van der Waals surface area contributed by atoms with Gasteiger partial charge in [0.05, 0.1) is 10.9 Å². The molecule has 4 heteroatoms. The fourth-order valence-corrected chi connectivity index (χ4v) is 3.85. The van der Waals surface area contributed by atoms with Crippen LogP contribution in [0.3, 0.4) is 0 Å². The van der Waals surface area contributed by atoms with Gasteiger partial charge < -0.3 is 14.3 Å². The molecule has 0 radical (unpaired) electrons. The molecule has 4 nitrogen and oxygen atoms in total.